The molecule has 0 N–H and O–H groups in total. The normalized spacial score (nSPS) is 14.0. The minimum atomic E-state index is 0.852. The van der Waals surface area contributed by atoms with Crippen LogP contribution in [0.1, 0.15) is 41.0 Å². The summed E-state index contributed by atoms with van der Waals surface area (Å²) in [6, 6.07) is 55.0. The van der Waals surface area contributed by atoms with Crippen LogP contribution in [0.15, 0.2) is 167 Å². The van der Waals surface area contributed by atoms with Crippen molar-refractivity contribution in [1.82, 2.24) is 9.13 Å². The van der Waals surface area contributed by atoms with Gasteiger partial charge in [0.25, 0.3) is 0 Å². The van der Waals surface area contributed by atoms with Crippen molar-refractivity contribution in [2.45, 2.75) is 25.7 Å². The lowest BCUT2D eigenvalue weighted by Gasteiger charge is -2.14. The number of fused-ring (bicyclic) bond motifs is 12. The van der Waals surface area contributed by atoms with Gasteiger partial charge >= 0.3 is 0 Å². The summed E-state index contributed by atoms with van der Waals surface area (Å²) in [5.74, 6) is 0.954. The topological polar surface area (TPSA) is 36.1 Å². The maximum atomic E-state index is 6.63. The van der Waals surface area contributed by atoms with E-state index in [1.54, 1.807) is 0 Å². The zero-order valence-electron chi connectivity index (χ0n) is 31.7. The largest absolute Gasteiger partial charge is 0.456 e. The van der Waals surface area contributed by atoms with Crippen LogP contribution in [0.5, 0.6) is 0 Å². The number of aromatic nitrogens is 2. The van der Waals surface area contributed by atoms with Crippen LogP contribution in [0.25, 0.3) is 106 Å². The maximum Gasteiger partial charge on any atom is 0.139 e. The summed E-state index contributed by atoms with van der Waals surface area (Å²) in [7, 11) is 0. The number of hydrogen-bond donors (Lipinski definition) is 0. The third-order valence-electron chi connectivity index (χ3n) is 12.7. The number of furan rings is 2. The molecule has 4 heteroatoms. The van der Waals surface area contributed by atoms with Crippen LogP contribution in [-0.2, 0) is 12.8 Å². The second-order valence-corrected chi connectivity index (χ2v) is 15.9. The molecule has 0 amide bonds. The Morgan fingerprint density at radius 1 is 0.431 bits per heavy atom. The van der Waals surface area contributed by atoms with E-state index in [-0.39, 0.29) is 0 Å². The van der Waals surface area contributed by atoms with Crippen LogP contribution in [0.3, 0.4) is 0 Å². The highest BCUT2D eigenvalue weighted by atomic mass is 16.3. The van der Waals surface area contributed by atoms with Gasteiger partial charge in [-0.3, -0.25) is 0 Å². The highest BCUT2D eigenvalue weighted by Crippen LogP contribution is 2.43. The van der Waals surface area contributed by atoms with Gasteiger partial charge in [0, 0.05) is 66.6 Å². The Balaban J connectivity index is 0.869. The van der Waals surface area contributed by atoms with E-state index in [9.17, 15) is 0 Å². The summed E-state index contributed by atoms with van der Waals surface area (Å²) < 4.78 is 18.0. The fraction of sp³-hybridized carbons (Fsp3) is 0.0741. The number of rotatable bonds is 4. The second kappa shape index (κ2) is 12.1. The van der Waals surface area contributed by atoms with E-state index in [1.165, 1.54) is 83.0 Å². The lowest BCUT2D eigenvalue weighted by molar-refractivity contribution is 0.595. The summed E-state index contributed by atoms with van der Waals surface area (Å²) in [6.45, 7) is 0. The fourth-order valence-corrected chi connectivity index (χ4v) is 10.0. The number of hydrogen-bond acceptors (Lipinski definition) is 2. The van der Waals surface area contributed by atoms with E-state index in [1.807, 2.05) is 0 Å². The van der Waals surface area contributed by atoms with Crippen LogP contribution >= 0.6 is 0 Å². The molecule has 0 atom stereocenters. The lowest BCUT2D eigenvalue weighted by Crippen LogP contribution is -2.02. The third kappa shape index (κ3) is 4.63. The highest BCUT2D eigenvalue weighted by molar-refractivity contribution is 6.12. The zero-order chi connectivity index (χ0) is 37.9. The summed E-state index contributed by atoms with van der Waals surface area (Å²) >= 11 is 0. The Morgan fingerprint density at radius 3 is 1.97 bits per heavy atom. The molecule has 2 aliphatic rings. The molecule has 4 nitrogen and oxygen atoms in total. The Labute approximate surface area is 334 Å². The van der Waals surface area contributed by atoms with Gasteiger partial charge in [0.15, 0.2) is 0 Å². The molecule has 0 radical (unpaired) electrons. The van der Waals surface area contributed by atoms with Gasteiger partial charge in [0.05, 0.1) is 16.6 Å². The van der Waals surface area contributed by atoms with E-state index in [2.05, 4.69) is 179 Å². The van der Waals surface area contributed by atoms with E-state index in [0.717, 1.165) is 64.5 Å². The summed E-state index contributed by atoms with van der Waals surface area (Å²) in [5, 5.41) is 7.25. The molecular formula is C54H36N2O2. The van der Waals surface area contributed by atoms with Crippen LogP contribution in [-0.4, -0.2) is 9.13 Å². The molecule has 0 spiro atoms. The average Bonchev–Trinajstić information content (AvgIpc) is 4.02. The predicted octanol–water partition coefficient (Wildman–Crippen LogP) is 14.5. The molecule has 0 saturated carbocycles. The minimum Gasteiger partial charge on any atom is -0.456 e. The monoisotopic (exact) mass is 744 g/mol. The minimum absolute atomic E-state index is 0.852. The second-order valence-electron chi connectivity index (χ2n) is 15.9. The van der Waals surface area contributed by atoms with Gasteiger partial charge in [-0.15, -0.1) is 0 Å². The molecule has 7 aromatic carbocycles. The lowest BCUT2D eigenvalue weighted by atomic mass is 9.90. The molecule has 4 aromatic heterocycles. The van der Waals surface area contributed by atoms with Gasteiger partial charge in [-0.2, -0.15) is 0 Å². The van der Waals surface area contributed by atoms with Crippen molar-refractivity contribution in [3.8, 4) is 22.5 Å². The van der Waals surface area contributed by atoms with Gasteiger partial charge in [0.1, 0.15) is 22.5 Å². The number of nitrogens with zero attached hydrogens (tertiary/aromatic N) is 2. The number of aryl methyl sites for hydroxylation is 1. The number of benzene rings is 7. The van der Waals surface area contributed by atoms with Crippen molar-refractivity contribution in [2.75, 3.05) is 0 Å². The van der Waals surface area contributed by atoms with Gasteiger partial charge in [-0.25, -0.2) is 0 Å². The summed E-state index contributed by atoms with van der Waals surface area (Å²) in [4.78, 5) is 0. The smallest absolute Gasteiger partial charge is 0.139 e. The molecule has 13 rings (SSSR count). The average molecular weight is 745 g/mol. The molecule has 0 saturated heterocycles. The van der Waals surface area contributed by atoms with E-state index in [0.29, 0.717) is 0 Å². The predicted molar refractivity (Wildman–Crippen MR) is 240 cm³/mol. The maximum absolute atomic E-state index is 6.63. The highest BCUT2D eigenvalue weighted by Gasteiger charge is 2.23. The van der Waals surface area contributed by atoms with Gasteiger partial charge in [-0.05, 0) is 127 Å². The Morgan fingerprint density at radius 2 is 1.10 bits per heavy atom. The zero-order valence-corrected chi connectivity index (χ0v) is 31.7. The summed E-state index contributed by atoms with van der Waals surface area (Å²) in [5.41, 5.74) is 17.6. The van der Waals surface area contributed by atoms with Gasteiger partial charge < -0.3 is 18.0 Å². The molecule has 58 heavy (non-hydrogen) atoms. The van der Waals surface area contributed by atoms with Crippen molar-refractivity contribution in [1.29, 1.82) is 0 Å². The first-order valence-corrected chi connectivity index (χ1v) is 20.3. The molecule has 274 valence electrons. The first kappa shape index (κ1) is 31.9. The molecular weight excluding hydrogens is 709 g/mol. The first-order valence-electron chi connectivity index (χ1n) is 20.3. The van der Waals surface area contributed by atoms with E-state index >= 15 is 0 Å². The fourth-order valence-electron chi connectivity index (χ4n) is 10.0. The molecule has 0 bridgehead atoms. The van der Waals surface area contributed by atoms with Crippen LogP contribution < -0.4 is 0 Å². The molecule has 4 heterocycles. The molecule has 0 fully saturated rings. The summed E-state index contributed by atoms with van der Waals surface area (Å²) in [6.07, 6.45) is 10.9. The van der Waals surface area contributed by atoms with Crippen molar-refractivity contribution in [2.24, 2.45) is 0 Å². The quantitative estimate of drug-likeness (QED) is 0.180. The molecule has 0 unspecified atom stereocenters. The van der Waals surface area contributed by atoms with Gasteiger partial charge in [0.2, 0.25) is 0 Å². The van der Waals surface area contributed by atoms with Crippen molar-refractivity contribution < 1.29 is 8.83 Å². The Kier molecular flexibility index (Phi) is 6.65. The van der Waals surface area contributed by atoms with E-state index in [4.69, 9.17) is 8.83 Å². The third-order valence-corrected chi connectivity index (χ3v) is 12.7. The SMILES string of the molecule is C1=Cc2c(n(-c3ccccc3)c3ccc(-c4ccc5c(c4)oc4cc6oc7c(c6cc45)CCC(c4ccc5c(c4)c4ccccc4n5-c4ccccc4)=C7)cc23)CC1. The number of para-hydroxylation sites is 3. The van der Waals surface area contributed by atoms with Crippen molar-refractivity contribution in [3.63, 3.8) is 0 Å². The molecule has 0 aliphatic heterocycles. The van der Waals surface area contributed by atoms with Crippen molar-refractivity contribution >= 4 is 83.3 Å². The first-order chi connectivity index (χ1) is 28.7. The van der Waals surface area contributed by atoms with Crippen molar-refractivity contribution in [3.05, 3.63) is 186 Å². The van der Waals surface area contributed by atoms with E-state index < -0.39 is 0 Å². The van der Waals surface area contributed by atoms with Crippen LogP contribution in [0.4, 0.5) is 0 Å². The Bertz CT molecular complexity index is 3550. The molecule has 2 aliphatic carbocycles. The molecule has 11 aromatic rings. The number of allylic oxidation sites excluding steroid dienone is 2. The van der Waals surface area contributed by atoms with Gasteiger partial charge in [-0.1, -0.05) is 84.9 Å². The van der Waals surface area contributed by atoms with Crippen LogP contribution in [0.2, 0.25) is 0 Å². The standard InChI is InChI=1S/C54H36N2O2/c1-3-11-37(12-4-1)55-47-17-9-7-15-39(47)43-27-33(21-25-49(43)55)35-19-23-41-45-31-46-42-24-20-36(30-52(42)58-54(46)32-53(45)57-51(41)29-35)34-22-26-50-44(28-34)40-16-8-10-18-48(40)56(50)38-13-5-2-6-14-38/h1-9,11-17,20-22,24-32H,10,18-19,23H2. The Hall–Kier alpha value is -7.30. The van der Waals surface area contributed by atoms with Crippen LogP contribution in [0, 0.1) is 0 Å².